The van der Waals surface area contributed by atoms with Crippen LogP contribution in [0.4, 0.5) is 13.6 Å². The average Bonchev–Trinajstić information content (AvgIpc) is 2.77. The first-order valence-corrected chi connectivity index (χ1v) is 18.8. The summed E-state index contributed by atoms with van der Waals surface area (Å²) in [6.07, 6.45) is 10.9. The predicted octanol–water partition coefficient (Wildman–Crippen LogP) is 8.04. The number of carbonyl (C=O) groups is 2. The van der Waals surface area contributed by atoms with E-state index in [9.17, 15) is 18.4 Å². The second-order valence-corrected chi connectivity index (χ2v) is 22.0. The summed E-state index contributed by atoms with van der Waals surface area (Å²) in [4.78, 5) is 25.1. The highest BCUT2D eigenvalue weighted by Gasteiger charge is 2.62. The van der Waals surface area contributed by atoms with Gasteiger partial charge in [-0.2, -0.15) is 8.78 Å². The fourth-order valence-corrected chi connectivity index (χ4v) is 12.4. The summed E-state index contributed by atoms with van der Waals surface area (Å²) in [5, 5.41) is 0.148. The third-order valence-corrected chi connectivity index (χ3v) is 16.8. The van der Waals surface area contributed by atoms with Crippen LogP contribution in [0.1, 0.15) is 105 Å². The minimum absolute atomic E-state index is 0.0371. The SMILES string of the molecule is CC(F)(F)C(=O)OCC12CC3CC(C1)CC(OC(=O)OCC14CC5CC(C1)CC(O[Si](C)(C)C(C)(C)C)(C5)C4)(C3)C2. The minimum atomic E-state index is -3.51. The van der Waals surface area contributed by atoms with Gasteiger partial charge in [0.15, 0.2) is 8.32 Å². The van der Waals surface area contributed by atoms with Crippen LogP contribution in [0.15, 0.2) is 0 Å². The Kier molecular flexibility index (Phi) is 6.83. The van der Waals surface area contributed by atoms with E-state index in [1.165, 1.54) is 6.42 Å². The largest absolute Gasteiger partial charge is 0.508 e. The van der Waals surface area contributed by atoms with Gasteiger partial charge in [-0.3, -0.25) is 0 Å². The molecule has 8 aliphatic rings. The van der Waals surface area contributed by atoms with Gasteiger partial charge in [0, 0.05) is 17.8 Å². The summed E-state index contributed by atoms with van der Waals surface area (Å²) < 4.78 is 51.4. The molecule has 6 nitrogen and oxygen atoms in total. The molecule has 41 heavy (non-hydrogen) atoms. The van der Waals surface area contributed by atoms with Crippen molar-refractivity contribution in [2.75, 3.05) is 13.2 Å². The maximum absolute atomic E-state index is 13.5. The standard InChI is InChI=1S/C32H50F2O6Si/c1-27(2,3)41(5,6)40-32-15-23-8-24(16-32)12-30(11-23,18-32)20-38-26(36)39-31-13-21-7-22(14-31)10-29(9-21,17-31)19-37-25(35)28(4,33)34/h21-24H,7-20H2,1-6H3. The molecule has 9 heteroatoms. The van der Waals surface area contributed by atoms with Crippen molar-refractivity contribution in [1.82, 2.24) is 0 Å². The molecule has 8 fully saturated rings. The van der Waals surface area contributed by atoms with E-state index in [1.807, 2.05) is 0 Å². The molecule has 0 heterocycles. The number of carbonyl (C=O) groups excluding carboxylic acids is 2. The van der Waals surface area contributed by atoms with Crippen LogP contribution >= 0.6 is 0 Å². The summed E-state index contributed by atoms with van der Waals surface area (Å²) in [5.74, 6) is -3.04. The maximum atomic E-state index is 13.5. The van der Waals surface area contributed by atoms with Gasteiger partial charge in [0.2, 0.25) is 0 Å². The Morgan fingerprint density at radius 3 is 1.63 bits per heavy atom. The van der Waals surface area contributed by atoms with Gasteiger partial charge < -0.3 is 18.6 Å². The van der Waals surface area contributed by atoms with Crippen LogP contribution < -0.4 is 0 Å². The smallest absolute Gasteiger partial charge is 0.461 e. The number of esters is 1. The predicted molar refractivity (Wildman–Crippen MR) is 152 cm³/mol. The second-order valence-electron chi connectivity index (χ2n) is 17.3. The Hall–Kier alpha value is -1.22. The summed E-state index contributed by atoms with van der Waals surface area (Å²) in [5.41, 5.74) is -1.21. The summed E-state index contributed by atoms with van der Waals surface area (Å²) in [6.45, 7) is 12.5. The molecule has 8 rings (SSSR count). The fraction of sp³-hybridized carbons (Fsp3) is 0.938. The second kappa shape index (κ2) is 9.39. The summed E-state index contributed by atoms with van der Waals surface area (Å²) in [6, 6.07) is 0. The Morgan fingerprint density at radius 2 is 1.17 bits per heavy atom. The molecule has 0 radical (unpaired) electrons. The molecule has 0 spiro atoms. The van der Waals surface area contributed by atoms with Gasteiger partial charge in [-0.1, -0.05) is 20.8 Å². The van der Waals surface area contributed by atoms with E-state index in [1.54, 1.807) is 0 Å². The van der Waals surface area contributed by atoms with Crippen molar-refractivity contribution in [2.45, 2.75) is 140 Å². The van der Waals surface area contributed by atoms with Gasteiger partial charge in [-0.25, -0.2) is 9.59 Å². The highest BCUT2D eigenvalue weighted by atomic mass is 28.4. The third kappa shape index (κ3) is 5.60. The van der Waals surface area contributed by atoms with Crippen LogP contribution in [0.2, 0.25) is 18.1 Å². The number of alkyl halides is 2. The molecule has 0 saturated heterocycles. The van der Waals surface area contributed by atoms with E-state index in [0.29, 0.717) is 43.6 Å². The van der Waals surface area contributed by atoms with Gasteiger partial charge >= 0.3 is 18.0 Å². The van der Waals surface area contributed by atoms with Crippen molar-refractivity contribution in [3.63, 3.8) is 0 Å². The van der Waals surface area contributed by atoms with E-state index in [2.05, 4.69) is 33.9 Å². The van der Waals surface area contributed by atoms with Crippen molar-refractivity contribution in [2.24, 2.45) is 34.5 Å². The lowest BCUT2D eigenvalue weighted by molar-refractivity contribution is -0.205. The van der Waals surface area contributed by atoms with Gasteiger partial charge in [-0.15, -0.1) is 0 Å². The first-order chi connectivity index (χ1) is 18.8. The molecular weight excluding hydrogens is 546 g/mol. The molecule has 8 aliphatic carbocycles. The number of halogens is 2. The Morgan fingerprint density at radius 1 is 0.732 bits per heavy atom. The number of rotatable bonds is 8. The topological polar surface area (TPSA) is 71.1 Å². The minimum Gasteiger partial charge on any atom is -0.461 e. The van der Waals surface area contributed by atoms with Crippen LogP contribution in [0.5, 0.6) is 0 Å². The van der Waals surface area contributed by atoms with E-state index in [-0.39, 0.29) is 22.7 Å². The zero-order chi connectivity index (χ0) is 29.7. The van der Waals surface area contributed by atoms with Crippen LogP contribution in [0.25, 0.3) is 0 Å². The molecule has 0 amide bonds. The lowest BCUT2D eigenvalue weighted by Gasteiger charge is -2.63. The van der Waals surface area contributed by atoms with Crippen LogP contribution in [0.3, 0.4) is 0 Å². The molecule has 4 atom stereocenters. The maximum Gasteiger partial charge on any atom is 0.508 e. The average molecular weight is 597 g/mol. The summed E-state index contributed by atoms with van der Waals surface area (Å²) in [7, 11) is -1.95. The molecular formula is C32H50F2O6Si. The van der Waals surface area contributed by atoms with Crippen molar-refractivity contribution >= 4 is 20.4 Å². The zero-order valence-corrected chi connectivity index (χ0v) is 26.9. The lowest BCUT2D eigenvalue weighted by atomic mass is 9.48. The summed E-state index contributed by atoms with van der Waals surface area (Å²) >= 11 is 0. The van der Waals surface area contributed by atoms with Crippen LogP contribution in [-0.4, -0.2) is 50.8 Å². The van der Waals surface area contributed by atoms with E-state index in [4.69, 9.17) is 18.6 Å². The molecule has 0 aromatic rings. The van der Waals surface area contributed by atoms with Crippen LogP contribution in [-0.2, 0) is 23.4 Å². The zero-order valence-electron chi connectivity index (χ0n) is 25.9. The number of hydrogen-bond acceptors (Lipinski definition) is 6. The normalized spacial score (nSPS) is 42.8. The fourth-order valence-electron chi connectivity index (χ4n) is 10.8. The molecule has 0 aliphatic heterocycles. The first-order valence-electron chi connectivity index (χ1n) is 15.9. The Labute approximate surface area is 245 Å². The van der Waals surface area contributed by atoms with E-state index in [0.717, 1.165) is 64.2 Å². The lowest BCUT2D eigenvalue weighted by Crippen LogP contribution is -2.62. The highest BCUT2D eigenvalue weighted by molar-refractivity contribution is 6.74. The molecule has 232 valence electrons. The van der Waals surface area contributed by atoms with E-state index < -0.39 is 37.4 Å². The molecule has 4 unspecified atom stereocenters. The van der Waals surface area contributed by atoms with E-state index >= 15 is 0 Å². The van der Waals surface area contributed by atoms with Gasteiger partial charge in [0.25, 0.3) is 0 Å². The van der Waals surface area contributed by atoms with Crippen molar-refractivity contribution in [3.05, 3.63) is 0 Å². The Balaban J connectivity index is 1.10. The van der Waals surface area contributed by atoms with Crippen LogP contribution in [0, 0.1) is 34.5 Å². The quantitative estimate of drug-likeness (QED) is 0.209. The first kappa shape index (κ1) is 29.8. The van der Waals surface area contributed by atoms with Crippen molar-refractivity contribution in [3.8, 4) is 0 Å². The number of hydrogen-bond donors (Lipinski definition) is 0. The molecule has 0 aromatic carbocycles. The van der Waals surface area contributed by atoms with Gasteiger partial charge in [0.1, 0.15) is 12.2 Å². The van der Waals surface area contributed by atoms with Crippen molar-refractivity contribution < 1.29 is 37.0 Å². The third-order valence-electron chi connectivity index (χ3n) is 12.2. The molecule has 0 aromatic heterocycles. The molecule has 8 bridgehead atoms. The molecule has 8 saturated carbocycles. The molecule has 0 N–H and O–H groups in total. The highest BCUT2D eigenvalue weighted by Crippen LogP contribution is 2.65. The van der Waals surface area contributed by atoms with Gasteiger partial charge in [-0.05, 0) is 119 Å². The Bertz CT molecular complexity index is 1050. The van der Waals surface area contributed by atoms with Gasteiger partial charge in [0.05, 0.1) is 12.2 Å². The monoisotopic (exact) mass is 596 g/mol. The van der Waals surface area contributed by atoms with Crippen molar-refractivity contribution in [1.29, 1.82) is 0 Å². The number of ether oxygens (including phenoxy) is 3.